The van der Waals surface area contributed by atoms with Gasteiger partial charge in [0.15, 0.2) is 0 Å². The first-order valence-electron chi connectivity index (χ1n) is 7.39. The molecule has 2 heterocycles. The van der Waals surface area contributed by atoms with E-state index in [1.165, 1.54) is 18.9 Å². The van der Waals surface area contributed by atoms with Crippen molar-refractivity contribution in [2.45, 2.75) is 25.4 Å². The molecule has 1 N–H and O–H groups in total. The number of nitrogens with one attached hydrogen (secondary N) is 1. The smallest absolute Gasteiger partial charge is 0.317 e. The zero-order valence-corrected chi connectivity index (χ0v) is 13.2. The molecule has 128 valence electrons. The molecule has 0 saturated carbocycles. The lowest BCUT2D eigenvalue weighted by Gasteiger charge is -2.39. The first kappa shape index (κ1) is 17.4. The third kappa shape index (κ3) is 4.28. The number of halogens is 2. The Kier molecular flexibility index (Phi) is 5.70. The van der Waals surface area contributed by atoms with Crippen molar-refractivity contribution < 1.29 is 23.0 Å². The highest BCUT2D eigenvalue weighted by atomic mass is 19.3. The van der Waals surface area contributed by atoms with E-state index in [9.17, 15) is 13.6 Å². The number of methoxy groups -OCH3 is 1. The largest absolute Gasteiger partial charge is 0.481 e. The van der Waals surface area contributed by atoms with Crippen molar-refractivity contribution in [2.24, 2.45) is 0 Å². The van der Waals surface area contributed by atoms with Crippen LogP contribution >= 0.6 is 0 Å². The van der Waals surface area contributed by atoms with Gasteiger partial charge in [-0.3, -0.25) is 0 Å². The number of aromatic nitrogens is 1. The molecule has 1 aliphatic heterocycles. The summed E-state index contributed by atoms with van der Waals surface area (Å²) >= 11 is 0. The fourth-order valence-electron chi connectivity index (χ4n) is 2.41. The van der Waals surface area contributed by atoms with Gasteiger partial charge in [0.25, 0.3) is 6.43 Å². The van der Waals surface area contributed by atoms with Crippen molar-refractivity contribution in [3.63, 3.8) is 0 Å². The Morgan fingerprint density at radius 2 is 2.39 bits per heavy atom. The van der Waals surface area contributed by atoms with Gasteiger partial charge in [-0.1, -0.05) is 6.07 Å². The van der Waals surface area contributed by atoms with Gasteiger partial charge in [-0.25, -0.2) is 18.6 Å². The summed E-state index contributed by atoms with van der Waals surface area (Å²) in [6.07, 6.45) is -0.475. The van der Waals surface area contributed by atoms with Crippen LogP contribution < -0.4 is 10.1 Å². The molecule has 1 aromatic rings. The summed E-state index contributed by atoms with van der Waals surface area (Å²) in [4.78, 5) is 17.6. The van der Waals surface area contributed by atoms with Gasteiger partial charge in [-0.05, 0) is 19.4 Å². The maximum absolute atomic E-state index is 13.0. The molecule has 8 heteroatoms. The van der Waals surface area contributed by atoms with E-state index in [0.29, 0.717) is 25.4 Å². The maximum atomic E-state index is 13.0. The molecule has 1 atom stereocenters. The number of alkyl halides is 2. The second-order valence-corrected chi connectivity index (χ2v) is 5.54. The monoisotopic (exact) mass is 329 g/mol. The minimum Gasteiger partial charge on any atom is -0.481 e. The lowest BCUT2D eigenvalue weighted by molar-refractivity contribution is -0.161. The number of amides is 2. The van der Waals surface area contributed by atoms with E-state index in [1.807, 2.05) is 6.07 Å². The average Bonchev–Trinajstić information content (AvgIpc) is 2.55. The minimum atomic E-state index is -2.64. The molecule has 0 aromatic carbocycles. The number of morpholine rings is 1. The van der Waals surface area contributed by atoms with Crippen LogP contribution in [-0.4, -0.2) is 61.3 Å². The van der Waals surface area contributed by atoms with E-state index in [2.05, 4.69) is 10.3 Å². The SMILES string of the molecule is COc1ncccc1CCNC(=O)N1CCO[C@](C)(C(F)F)C1. The van der Waals surface area contributed by atoms with Crippen LogP contribution in [0.15, 0.2) is 18.3 Å². The van der Waals surface area contributed by atoms with E-state index in [4.69, 9.17) is 9.47 Å². The summed E-state index contributed by atoms with van der Waals surface area (Å²) in [6.45, 7) is 1.95. The van der Waals surface area contributed by atoms with Crippen LogP contribution in [0.25, 0.3) is 0 Å². The first-order chi connectivity index (χ1) is 11.0. The Labute approximate surface area is 133 Å². The van der Waals surface area contributed by atoms with Crippen LogP contribution in [0, 0.1) is 0 Å². The van der Waals surface area contributed by atoms with Crippen molar-refractivity contribution >= 4 is 6.03 Å². The van der Waals surface area contributed by atoms with Crippen molar-refractivity contribution in [3.05, 3.63) is 23.9 Å². The molecular weight excluding hydrogens is 308 g/mol. The number of carbonyl (C=O) groups excluding carboxylic acids is 1. The molecule has 1 aromatic heterocycles. The van der Waals surface area contributed by atoms with Gasteiger partial charge in [-0.2, -0.15) is 0 Å². The molecule has 2 rings (SSSR count). The van der Waals surface area contributed by atoms with Gasteiger partial charge >= 0.3 is 6.03 Å². The molecule has 0 bridgehead atoms. The summed E-state index contributed by atoms with van der Waals surface area (Å²) in [5.41, 5.74) is -0.739. The normalized spacial score (nSPS) is 21.3. The van der Waals surface area contributed by atoms with Gasteiger partial charge < -0.3 is 19.7 Å². The van der Waals surface area contributed by atoms with Crippen LogP contribution in [0.1, 0.15) is 12.5 Å². The minimum absolute atomic E-state index is 0.102. The molecule has 1 saturated heterocycles. The third-order valence-corrected chi connectivity index (χ3v) is 3.76. The second-order valence-electron chi connectivity index (χ2n) is 5.54. The number of rotatable bonds is 5. The number of nitrogens with zero attached hydrogens (tertiary/aromatic N) is 2. The van der Waals surface area contributed by atoms with Gasteiger partial charge in [0.2, 0.25) is 5.88 Å². The molecule has 0 unspecified atom stereocenters. The van der Waals surface area contributed by atoms with Crippen LogP contribution in [0.4, 0.5) is 13.6 Å². The predicted molar refractivity (Wildman–Crippen MR) is 79.8 cm³/mol. The molecule has 2 amide bonds. The maximum Gasteiger partial charge on any atom is 0.317 e. The summed E-state index contributed by atoms with van der Waals surface area (Å²) < 4.78 is 36.2. The summed E-state index contributed by atoms with van der Waals surface area (Å²) in [6, 6.07) is 3.28. The summed E-state index contributed by atoms with van der Waals surface area (Å²) in [5, 5.41) is 2.73. The number of hydrogen-bond acceptors (Lipinski definition) is 4. The van der Waals surface area contributed by atoms with Crippen molar-refractivity contribution in [1.82, 2.24) is 15.2 Å². The Morgan fingerprint density at radius 3 is 3.09 bits per heavy atom. The summed E-state index contributed by atoms with van der Waals surface area (Å²) in [5.74, 6) is 0.512. The van der Waals surface area contributed by atoms with Gasteiger partial charge in [0.1, 0.15) is 5.60 Å². The van der Waals surface area contributed by atoms with Gasteiger partial charge in [-0.15, -0.1) is 0 Å². The van der Waals surface area contributed by atoms with E-state index < -0.39 is 12.0 Å². The third-order valence-electron chi connectivity index (χ3n) is 3.76. The standard InChI is InChI=1S/C15H21F2N3O3/c1-15(13(16)17)10-20(8-9-23-15)14(21)19-7-5-11-4-3-6-18-12(11)22-2/h3-4,6,13H,5,7-10H2,1-2H3,(H,19,21)/t15-/m0/s1. The second kappa shape index (κ2) is 7.54. The van der Waals surface area contributed by atoms with Crippen molar-refractivity contribution in [3.8, 4) is 5.88 Å². The highest BCUT2D eigenvalue weighted by molar-refractivity contribution is 5.74. The highest BCUT2D eigenvalue weighted by Gasteiger charge is 2.41. The highest BCUT2D eigenvalue weighted by Crippen LogP contribution is 2.24. The topological polar surface area (TPSA) is 63.7 Å². The van der Waals surface area contributed by atoms with Gasteiger partial charge in [0.05, 0.1) is 20.3 Å². The Balaban J connectivity index is 1.85. The van der Waals surface area contributed by atoms with Gasteiger partial charge in [0, 0.05) is 24.8 Å². The lowest BCUT2D eigenvalue weighted by atomic mass is 10.1. The number of urea groups is 1. The Bertz CT molecular complexity index is 544. The van der Waals surface area contributed by atoms with E-state index in [-0.39, 0.29) is 19.2 Å². The number of hydrogen-bond donors (Lipinski definition) is 1. The van der Waals surface area contributed by atoms with Crippen LogP contribution in [0.5, 0.6) is 5.88 Å². The van der Waals surface area contributed by atoms with Crippen molar-refractivity contribution in [1.29, 1.82) is 0 Å². The van der Waals surface area contributed by atoms with E-state index in [1.54, 1.807) is 12.3 Å². The van der Waals surface area contributed by atoms with E-state index in [0.717, 1.165) is 5.56 Å². The molecular formula is C15H21F2N3O3. The molecule has 0 radical (unpaired) electrons. The summed E-state index contributed by atoms with van der Waals surface area (Å²) in [7, 11) is 1.53. The molecule has 0 spiro atoms. The predicted octanol–water partition coefficient (Wildman–Crippen LogP) is 1.70. The zero-order chi connectivity index (χ0) is 16.9. The fourth-order valence-corrected chi connectivity index (χ4v) is 2.41. The van der Waals surface area contributed by atoms with Crippen LogP contribution in [0.2, 0.25) is 0 Å². The zero-order valence-electron chi connectivity index (χ0n) is 13.2. The Morgan fingerprint density at radius 1 is 1.61 bits per heavy atom. The molecule has 0 aliphatic carbocycles. The van der Waals surface area contributed by atoms with Crippen LogP contribution in [0.3, 0.4) is 0 Å². The quantitative estimate of drug-likeness (QED) is 0.893. The molecule has 1 fully saturated rings. The number of carbonyl (C=O) groups is 1. The van der Waals surface area contributed by atoms with E-state index >= 15 is 0 Å². The average molecular weight is 329 g/mol. The molecule has 23 heavy (non-hydrogen) atoms. The number of ether oxygens (including phenoxy) is 2. The molecule has 1 aliphatic rings. The fraction of sp³-hybridized carbons (Fsp3) is 0.600. The van der Waals surface area contributed by atoms with Crippen LogP contribution in [-0.2, 0) is 11.2 Å². The number of pyridine rings is 1. The molecule has 6 nitrogen and oxygen atoms in total. The Hall–Kier alpha value is -1.96. The lowest BCUT2D eigenvalue weighted by Crippen LogP contribution is -2.57. The first-order valence-corrected chi connectivity index (χ1v) is 7.39. The van der Waals surface area contributed by atoms with Crippen molar-refractivity contribution in [2.75, 3.05) is 33.4 Å².